The molecule has 28 heavy (non-hydrogen) atoms. The van der Waals surface area contributed by atoms with Crippen molar-refractivity contribution in [1.82, 2.24) is 4.90 Å². The highest BCUT2D eigenvalue weighted by atomic mass is 35.5. The van der Waals surface area contributed by atoms with Gasteiger partial charge in [0.15, 0.2) is 0 Å². The summed E-state index contributed by atoms with van der Waals surface area (Å²) in [5.74, 6) is 0.274. The fraction of sp³-hybridized carbons (Fsp3) is 0.450. The van der Waals surface area contributed by atoms with Crippen LogP contribution in [0.15, 0.2) is 39.9 Å². The van der Waals surface area contributed by atoms with Crippen molar-refractivity contribution >= 4 is 40.4 Å². The van der Waals surface area contributed by atoms with Gasteiger partial charge in [0, 0.05) is 44.9 Å². The van der Waals surface area contributed by atoms with Gasteiger partial charge in [0.2, 0.25) is 0 Å². The van der Waals surface area contributed by atoms with Crippen LogP contribution in [-0.4, -0.2) is 41.6 Å². The number of piperidine rings is 1. The van der Waals surface area contributed by atoms with Crippen molar-refractivity contribution in [3.8, 4) is 0 Å². The highest BCUT2D eigenvalue weighted by Crippen LogP contribution is 2.38. The van der Waals surface area contributed by atoms with Gasteiger partial charge in [-0.1, -0.05) is 29.3 Å². The lowest BCUT2D eigenvalue weighted by Crippen LogP contribution is -2.45. The zero-order valence-electron chi connectivity index (χ0n) is 15.4. The molecule has 5 nitrogen and oxygen atoms in total. The van der Waals surface area contributed by atoms with Crippen LogP contribution in [0, 0.1) is 0 Å². The molecule has 1 fully saturated rings. The predicted octanol–water partition coefficient (Wildman–Crippen LogP) is 5.12. The van der Waals surface area contributed by atoms with E-state index in [9.17, 15) is 9.90 Å². The quantitative estimate of drug-likeness (QED) is 0.723. The Morgan fingerprint density at radius 3 is 2.68 bits per heavy atom. The third kappa shape index (κ3) is 3.71. The standard InChI is InChI=1S/C20H21Cl2N3O2S/c1-12-15(10-23-24-12)18-8-13(11-28-18)19(26)25-6-4-20(27,5-7-25)16-3-2-14(21)9-17(16)22/h2-3,8-9,11-12,15,27H,4-7,10H2,1H3. The number of aliphatic hydroxyl groups is 1. The monoisotopic (exact) mass is 437 g/mol. The fourth-order valence-corrected chi connectivity index (χ4v) is 5.54. The molecule has 2 aliphatic rings. The molecule has 8 heteroatoms. The summed E-state index contributed by atoms with van der Waals surface area (Å²) in [5.41, 5.74) is 0.334. The van der Waals surface area contributed by atoms with E-state index in [1.807, 2.05) is 11.4 Å². The molecule has 0 spiro atoms. The van der Waals surface area contributed by atoms with E-state index in [1.165, 1.54) is 0 Å². The zero-order valence-corrected chi connectivity index (χ0v) is 17.8. The molecule has 0 saturated carbocycles. The maximum Gasteiger partial charge on any atom is 0.254 e. The van der Waals surface area contributed by atoms with Gasteiger partial charge >= 0.3 is 0 Å². The number of rotatable bonds is 3. The first-order valence-corrected chi connectivity index (χ1v) is 10.9. The maximum atomic E-state index is 12.9. The average molecular weight is 438 g/mol. The number of carbonyl (C=O) groups excluding carboxylic acids is 1. The summed E-state index contributed by atoms with van der Waals surface area (Å²) in [6, 6.07) is 7.28. The molecule has 148 valence electrons. The Morgan fingerprint density at radius 2 is 2.04 bits per heavy atom. The van der Waals surface area contributed by atoms with Crippen LogP contribution in [0.4, 0.5) is 0 Å². The van der Waals surface area contributed by atoms with Crippen LogP contribution in [0.3, 0.4) is 0 Å². The summed E-state index contributed by atoms with van der Waals surface area (Å²) in [4.78, 5) is 15.9. The van der Waals surface area contributed by atoms with Crippen molar-refractivity contribution in [2.75, 3.05) is 19.6 Å². The summed E-state index contributed by atoms with van der Waals surface area (Å²) in [6.07, 6.45) is 0.878. The molecule has 2 aliphatic heterocycles. The molecule has 1 aromatic carbocycles. The van der Waals surface area contributed by atoms with Crippen LogP contribution in [-0.2, 0) is 5.60 Å². The first-order chi connectivity index (χ1) is 13.4. The molecule has 1 aromatic heterocycles. The van der Waals surface area contributed by atoms with Crippen molar-refractivity contribution < 1.29 is 9.90 Å². The summed E-state index contributed by atoms with van der Waals surface area (Å²) >= 11 is 13.8. The van der Waals surface area contributed by atoms with E-state index < -0.39 is 5.60 Å². The molecule has 2 atom stereocenters. The molecule has 1 amide bonds. The Hall–Kier alpha value is -1.47. The van der Waals surface area contributed by atoms with E-state index in [4.69, 9.17) is 23.2 Å². The lowest BCUT2D eigenvalue weighted by Gasteiger charge is -2.39. The van der Waals surface area contributed by atoms with Crippen molar-refractivity contribution in [3.05, 3.63) is 55.7 Å². The second-order valence-corrected chi connectivity index (χ2v) is 9.26. The molecule has 1 N–H and O–H groups in total. The Balaban J connectivity index is 1.43. The van der Waals surface area contributed by atoms with Crippen molar-refractivity contribution in [1.29, 1.82) is 0 Å². The van der Waals surface area contributed by atoms with Gasteiger partial charge in [0.25, 0.3) is 5.91 Å². The average Bonchev–Trinajstić information content (AvgIpc) is 3.30. The van der Waals surface area contributed by atoms with Gasteiger partial charge < -0.3 is 10.0 Å². The second kappa shape index (κ2) is 7.75. The Morgan fingerprint density at radius 1 is 1.29 bits per heavy atom. The van der Waals surface area contributed by atoms with Crippen molar-refractivity contribution in [2.24, 2.45) is 10.2 Å². The predicted molar refractivity (Wildman–Crippen MR) is 112 cm³/mol. The number of likely N-dealkylation sites (tertiary alicyclic amines) is 1. The number of nitrogens with zero attached hydrogens (tertiary/aromatic N) is 3. The minimum Gasteiger partial charge on any atom is -0.385 e. The molecule has 4 rings (SSSR count). The number of azo groups is 1. The summed E-state index contributed by atoms with van der Waals surface area (Å²) in [6.45, 7) is 3.69. The Kier molecular flexibility index (Phi) is 5.49. The number of carbonyl (C=O) groups is 1. The second-order valence-electron chi connectivity index (χ2n) is 7.47. The van der Waals surface area contributed by atoms with Gasteiger partial charge in [-0.25, -0.2) is 0 Å². The lowest BCUT2D eigenvalue weighted by molar-refractivity contribution is -0.0210. The van der Waals surface area contributed by atoms with Crippen molar-refractivity contribution in [3.63, 3.8) is 0 Å². The topological polar surface area (TPSA) is 65.3 Å². The summed E-state index contributed by atoms with van der Waals surface area (Å²) in [7, 11) is 0. The van der Waals surface area contributed by atoms with E-state index in [-0.39, 0.29) is 17.9 Å². The third-order valence-electron chi connectivity index (χ3n) is 5.67. The van der Waals surface area contributed by atoms with Gasteiger partial charge in [-0.2, -0.15) is 10.2 Å². The highest BCUT2D eigenvalue weighted by molar-refractivity contribution is 7.10. The Labute approximate surface area is 178 Å². The van der Waals surface area contributed by atoms with Crippen LogP contribution in [0.25, 0.3) is 0 Å². The minimum absolute atomic E-state index is 0.00582. The molecule has 0 radical (unpaired) electrons. The number of benzene rings is 1. The van der Waals surface area contributed by atoms with Gasteiger partial charge in [-0.15, -0.1) is 11.3 Å². The lowest BCUT2D eigenvalue weighted by atomic mass is 9.84. The molecule has 0 bridgehead atoms. The number of amides is 1. The molecule has 1 saturated heterocycles. The molecular formula is C20H21Cl2N3O2S. The molecular weight excluding hydrogens is 417 g/mol. The Bertz CT molecular complexity index is 922. The van der Waals surface area contributed by atoms with Crippen molar-refractivity contribution in [2.45, 2.75) is 37.3 Å². The number of thiophene rings is 1. The first-order valence-electron chi connectivity index (χ1n) is 9.29. The van der Waals surface area contributed by atoms with Gasteiger partial charge in [-0.3, -0.25) is 4.79 Å². The van der Waals surface area contributed by atoms with E-state index in [0.29, 0.717) is 53.6 Å². The van der Waals surface area contributed by atoms with Crippen LogP contribution in [0.5, 0.6) is 0 Å². The van der Waals surface area contributed by atoms with Gasteiger partial charge in [0.05, 0.1) is 23.8 Å². The van der Waals surface area contributed by atoms with E-state index in [1.54, 1.807) is 34.4 Å². The highest BCUT2D eigenvalue weighted by Gasteiger charge is 2.37. The van der Waals surface area contributed by atoms with E-state index >= 15 is 0 Å². The smallest absolute Gasteiger partial charge is 0.254 e. The fourth-order valence-electron chi connectivity index (χ4n) is 3.88. The normalized spacial score (nSPS) is 23.9. The van der Waals surface area contributed by atoms with E-state index in [0.717, 1.165) is 4.88 Å². The maximum absolute atomic E-state index is 12.9. The third-order valence-corrected chi connectivity index (χ3v) is 7.28. The number of hydrogen-bond acceptors (Lipinski definition) is 5. The molecule has 0 aliphatic carbocycles. The summed E-state index contributed by atoms with van der Waals surface area (Å²) < 4.78 is 0. The minimum atomic E-state index is -1.04. The number of halogens is 2. The summed E-state index contributed by atoms with van der Waals surface area (Å²) in [5, 5.41) is 22.3. The van der Waals surface area contributed by atoms with Gasteiger partial charge in [-0.05, 0) is 38.0 Å². The number of hydrogen-bond donors (Lipinski definition) is 1. The van der Waals surface area contributed by atoms with Crippen LogP contribution < -0.4 is 0 Å². The largest absolute Gasteiger partial charge is 0.385 e. The van der Waals surface area contributed by atoms with Crippen LogP contribution >= 0.6 is 34.5 Å². The van der Waals surface area contributed by atoms with Crippen LogP contribution in [0.2, 0.25) is 10.0 Å². The van der Waals surface area contributed by atoms with Crippen LogP contribution in [0.1, 0.15) is 46.5 Å². The zero-order chi connectivity index (χ0) is 19.9. The SMILES string of the molecule is CC1N=NCC1c1cc(C(=O)N2CCC(O)(c3ccc(Cl)cc3Cl)CC2)cs1. The van der Waals surface area contributed by atoms with Gasteiger partial charge in [0.1, 0.15) is 0 Å². The van der Waals surface area contributed by atoms with E-state index in [2.05, 4.69) is 17.2 Å². The molecule has 2 unspecified atom stereocenters. The first kappa shape index (κ1) is 19.8. The molecule has 3 heterocycles. The molecule has 2 aromatic rings.